The molecule has 0 radical (unpaired) electrons. The normalized spacial score (nSPS) is 14.8. The number of hydrogen-bond acceptors (Lipinski definition) is 5. The lowest BCUT2D eigenvalue weighted by molar-refractivity contribution is -0.127. The van der Waals surface area contributed by atoms with Gasteiger partial charge in [-0.2, -0.15) is 0 Å². The van der Waals surface area contributed by atoms with E-state index in [0.717, 1.165) is 18.5 Å². The van der Waals surface area contributed by atoms with Crippen LogP contribution in [0.5, 0.6) is 5.75 Å². The molecular formula is C18H21N3O4S. The van der Waals surface area contributed by atoms with Crippen LogP contribution in [0.25, 0.3) is 11.1 Å². The second kappa shape index (κ2) is 7.84. The van der Waals surface area contributed by atoms with Gasteiger partial charge in [-0.05, 0) is 36.6 Å². The van der Waals surface area contributed by atoms with Gasteiger partial charge in [-0.25, -0.2) is 13.1 Å². The maximum atomic E-state index is 12.4. The van der Waals surface area contributed by atoms with Crippen LogP contribution in [0.4, 0.5) is 0 Å². The molecule has 1 saturated heterocycles. The SMILES string of the molecule is O=C1CCCN1CCCNS(=O)(=O)c1ccc(-c2cncc(O)c2)cc1. The molecule has 0 saturated carbocycles. The van der Waals surface area contributed by atoms with E-state index < -0.39 is 10.0 Å². The van der Waals surface area contributed by atoms with Crippen LogP contribution >= 0.6 is 0 Å². The zero-order valence-electron chi connectivity index (χ0n) is 14.3. The molecule has 2 N–H and O–H groups in total. The number of aromatic hydroxyl groups is 1. The first-order valence-electron chi connectivity index (χ1n) is 8.47. The average Bonchev–Trinajstić information content (AvgIpc) is 3.04. The van der Waals surface area contributed by atoms with Gasteiger partial charge in [-0.1, -0.05) is 12.1 Å². The summed E-state index contributed by atoms with van der Waals surface area (Å²) >= 11 is 0. The fraction of sp³-hybridized carbons (Fsp3) is 0.333. The van der Waals surface area contributed by atoms with Crippen molar-refractivity contribution in [3.63, 3.8) is 0 Å². The van der Waals surface area contributed by atoms with Crippen molar-refractivity contribution >= 4 is 15.9 Å². The number of aromatic nitrogens is 1. The van der Waals surface area contributed by atoms with Gasteiger partial charge in [-0.3, -0.25) is 9.78 Å². The maximum Gasteiger partial charge on any atom is 0.240 e. The van der Waals surface area contributed by atoms with Crippen LogP contribution in [-0.4, -0.2) is 48.9 Å². The van der Waals surface area contributed by atoms with Crippen LogP contribution in [0.2, 0.25) is 0 Å². The quantitative estimate of drug-likeness (QED) is 0.718. The minimum absolute atomic E-state index is 0.0531. The van der Waals surface area contributed by atoms with Crippen molar-refractivity contribution in [3.05, 3.63) is 42.7 Å². The van der Waals surface area contributed by atoms with Crippen LogP contribution in [0.3, 0.4) is 0 Å². The number of amides is 1. The Morgan fingerprint density at radius 2 is 1.92 bits per heavy atom. The first kappa shape index (κ1) is 18.3. The van der Waals surface area contributed by atoms with Gasteiger partial charge in [-0.15, -0.1) is 0 Å². The summed E-state index contributed by atoms with van der Waals surface area (Å²) in [7, 11) is -3.60. The monoisotopic (exact) mass is 375 g/mol. The largest absolute Gasteiger partial charge is 0.506 e. The molecule has 3 rings (SSSR count). The highest BCUT2D eigenvalue weighted by Gasteiger charge is 2.19. The highest BCUT2D eigenvalue weighted by molar-refractivity contribution is 7.89. The number of carbonyl (C=O) groups excluding carboxylic acids is 1. The van der Waals surface area contributed by atoms with E-state index in [9.17, 15) is 18.3 Å². The second-order valence-corrected chi connectivity index (χ2v) is 7.96. The lowest BCUT2D eigenvalue weighted by Gasteiger charge is -2.15. The number of carbonyl (C=O) groups is 1. The van der Waals surface area contributed by atoms with Crippen molar-refractivity contribution in [2.45, 2.75) is 24.2 Å². The molecule has 26 heavy (non-hydrogen) atoms. The van der Waals surface area contributed by atoms with E-state index in [1.807, 2.05) is 0 Å². The number of benzene rings is 1. The maximum absolute atomic E-state index is 12.4. The van der Waals surface area contributed by atoms with Crippen molar-refractivity contribution < 1.29 is 18.3 Å². The number of sulfonamides is 1. The summed E-state index contributed by atoms with van der Waals surface area (Å²) in [4.78, 5) is 17.4. The van der Waals surface area contributed by atoms with Gasteiger partial charge in [0.25, 0.3) is 0 Å². The van der Waals surface area contributed by atoms with Crippen LogP contribution in [0.15, 0.2) is 47.6 Å². The van der Waals surface area contributed by atoms with Crippen molar-refractivity contribution in [1.29, 1.82) is 0 Å². The van der Waals surface area contributed by atoms with Crippen molar-refractivity contribution in [3.8, 4) is 16.9 Å². The predicted octanol–water partition coefficient (Wildman–Crippen LogP) is 1.74. The third-order valence-electron chi connectivity index (χ3n) is 4.29. The molecule has 7 nitrogen and oxygen atoms in total. The van der Waals surface area contributed by atoms with Crippen molar-refractivity contribution in [1.82, 2.24) is 14.6 Å². The number of hydrogen-bond donors (Lipinski definition) is 2. The number of pyridine rings is 1. The summed E-state index contributed by atoms with van der Waals surface area (Å²) in [6.45, 7) is 1.62. The predicted molar refractivity (Wildman–Crippen MR) is 97.0 cm³/mol. The molecule has 8 heteroatoms. The molecule has 0 unspecified atom stereocenters. The minimum Gasteiger partial charge on any atom is -0.506 e. The molecule has 1 fully saturated rings. The Hall–Kier alpha value is -2.45. The molecule has 1 aliphatic rings. The fourth-order valence-electron chi connectivity index (χ4n) is 2.91. The van der Waals surface area contributed by atoms with Crippen molar-refractivity contribution in [2.75, 3.05) is 19.6 Å². The number of likely N-dealkylation sites (tertiary alicyclic amines) is 1. The molecule has 0 spiro atoms. The van der Waals surface area contributed by atoms with Gasteiger partial charge in [0.2, 0.25) is 15.9 Å². The Kier molecular flexibility index (Phi) is 5.53. The summed E-state index contributed by atoms with van der Waals surface area (Å²) in [5, 5.41) is 9.48. The summed E-state index contributed by atoms with van der Waals surface area (Å²) in [5.74, 6) is 0.197. The summed E-state index contributed by atoms with van der Waals surface area (Å²) in [6, 6.07) is 7.95. The van der Waals surface area contributed by atoms with Gasteiger partial charge < -0.3 is 10.0 Å². The van der Waals surface area contributed by atoms with E-state index in [1.54, 1.807) is 29.3 Å². The van der Waals surface area contributed by atoms with Gasteiger partial charge >= 0.3 is 0 Å². The van der Waals surface area contributed by atoms with E-state index in [-0.39, 0.29) is 23.1 Å². The Bertz CT molecular complexity index is 882. The summed E-state index contributed by atoms with van der Waals surface area (Å²) < 4.78 is 27.3. The highest BCUT2D eigenvalue weighted by atomic mass is 32.2. The number of nitrogens with zero attached hydrogens (tertiary/aromatic N) is 2. The van der Waals surface area contributed by atoms with Gasteiger partial charge in [0, 0.05) is 37.8 Å². The van der Waals surface area contributed by atoms with E-state index in [1.165, 1.54) is 18.3 Å². The zero-order valence-corrected chi connectivity index (χ0v) is 15.1. The third-order valence-corrected chi connectivity index (χ3v) is 5.77. The smallest absolute Gasteiger partial charge is 0.240 e. The van der Waals surface area contributed by atoms with Gasteiger partial charge in [0.05, 0.1) is 11.1 Å². The first-order valence-corrected chi connectivity index (χ1v) is 9.96. The minimum atomic E-state index is -3.60. The van der Waals surface area contributed by atoms with Crippen molar-refractivity contribution in [2.24, 2.45) is 0 Å². The highest BCUT2D eigenvalue weighted by Crippen LogP contribution is 2.23. The lowest BCUT2D eigenvalue weighted by Crippen LogP contribution is -2.30. The topological polar surface area (TPSA) is 99.6 Å². The lowest BCUT2D eigenvalue weighted by atomic mass is 10.1. The molecule has 2 heterocycles. The van der Waals surface area contributed by atoms with E-state index >= 15 is 0 Å². The average molecular weight is 375 g/mol. The second-order valence-electron chi connectivity index (χ2n) is 6.19. The number of rotatable bonds is 7. The van der Waals surface area contributed by atoms with Gasteiger partial charge in [0.15, 0.2) is 0 Å². The molecule has 1 aromatic heterocycles. The molecule has 0 atom stereocenters. The van der Waals surface area contributed by atoms with Crippen LogP contribution in [-0.2, 0) is 14.8 Å². The zero-order chi connectivity index (χ0) is 18.6. The third kappa shape index (κ3) is 4.39. The summed E-state index contributed by atoms with van der Waals surface area (Å²) in [6.07, 6.45) is 4.99. The van der Waals surface area contributed by atoms with Crippen LogP contribution in [0.1, 0.15) is 19.3 Å². The van der Waals surface area contributed by atoms with Crippen LogP contribution in [0, 0.1) is 0 Å². The molecule has 1 amide bonds. The van der Waals surface area contributed by atoms with E-state index in [4.69, 9.17) is 0 Å². The molecule has 1 aromatic carbocycles. The standard InChI is InChI=1S/C18H21N3O4S/c22-16-11-15(12-19-13-16)14-4-6-17(7-5-14)26(24,25)20-8-2-10-21-9-1-3-18(21)23/h4-7,11-13,20,22H,1-3,8-10H2. The first-order chi connectivity index (χ1) is 12.5. The molecule has 0 aliphatic carbocycles. The molecule has 138 valence electrons. The molecule has 0 bridgehead atoms. The van der Waals surface area contributed by atoms with Crippen LogP contribution < -0.4 is 4.72 Å². The van der Waals surface area contributed by atoms with Gasteiger partial charge in [0.1, 0.15) is 5.75 Å². The summed E-state index contributed by atoms with van der Waals surface area (Å²) in [5.41, 5.74) is 1.47. The molecule has 1 aliphatic heterocycles. The Morgan fingerprint density at radius 1 is 1.15 bits per heavy atom. The fourth-order valence-corrected chi connectivity index (χ4v) is 3.99. The van der Waals surface area contributed by atoms with E-state index in [2.05, 4.69) is 9.71 Å². The Morgan fingerprint density at radius 3 is 2.58 bits per heavy atom. The number of nitrogens with one attached hydrogen (secondary N) is 1. The Labute approximate surface area is 152 Å². The Balaban J connectivity index is 1.57. The molecule has 2 aromatic rings. The van der Waals surface area contributed by atoms with E-state index in [0.29, 0.717) is 24.9 Å². The molecular weight excluding hydrogens is 354 g/mol.